The Kier molecular flexibility index (Phi) is 5.64. The second-order valence-electron chi connectivity index (χ2n) is 6.75. The number of carbonyl (C=O) groups excluding carboxylic acids is 2. The third-order valence-electron chi connectivity index (χ3n) is 4.62. The number of hydrogen-bond donors (Lipinski definition) is 1. The molecular weight excluding hydrogens is 344 g/mol. The largest absolute Gasteiger partial charge is 0.454 e. The van der Waals surface area contributed by atoms with E-state index in [4.69, 9.17) is 9.47 Å². The van der Waals surface area contributed by atoms with Crippen LogP contribution in [0.1, 0.15) is 23.1 Å². The maximum absolute atomic E-state index is 12.4. The van der Waals surface area contributed by atoms with Crippen molar-refractivity contribution in [3.63, 3.8) is 0 Å². The number of likely N-dealkylation sites (N-methyl/N-ethyl adjacent to an activating group) is 1. The molecule has 0 unspecified atom stereocenters. The van der Waals surface area contributed by atoms with Crippen LogP contribution >= 0.6 is 0 Å². The molecule has 27 heavy (non-hydrogen) atoms. The molecule has 6 nitrogen and oxygen atoms in total. The topological polar surface area (TPSA) is 67.9 Å². The van der Waals surface area contributed by atoms with E-state index in [1.807, 2.05) is 50.2 Å². The summed E-state index contributed by atoms with van der Waals surface area (Å²) in [6, 6.07) is 11.5. The quantitative estimate of drug-likeness (QED) is 0.851. The highest BCUT2D eigenvalue weighted by Crippen LogP contribution is 2.32. The molecule has 0 atom stereocenters. The standard InChI is InChI=1S/C21H24N2O4/c1-14-5-4-6-15(2)21(14)22-19(24)12-23(3)20(25)10-8-16-7-9-17-18(11-16)27-13-26-17/h4-7,9,11H,8,10,12-13H2,1-3H3,(H,22,24). The van der Waals surface area contributed by atoms with Crippen LogP contribution in [-0.4, -0.2) is 37.1 Å². The number of benzene rings is 2. The van der Waals surface area contributed by atoms with E-state index in [-0.39, 0.29) is 25.2 Å². The van der Waals surface area contributed by atoms with Crippen LogP contribution in [-0.2, 0) is 16.0 Å². The summed E-state index contributed by atoms with van der Waals surface area (Å²) in [7, 11) is 1.65. The van der Waals surface area contributed by atoms with Crippen LogP contribution in [0.5, 0.6) is 11.5 Å². The molecular formula is C21H24N2O4. The summed E-state index contributed by atoms with van der Waals surface area (Å²) in [6.07, 6.45) is 0.908. The molecule has 2 amide bonds. The number of ether oxygens (including phenoxy) is 2. The zero-order valence-electron chi connectivity index (χ0n) is 15.9. The van der Waals surface area contributed by atoms with E-state index < -0.39 is 0 Å². The minimum Gasteiger partial charge on any atom is -0.454 e. The molecule has 142 valence electrons. The predicted molar refractivity (Wildman–Crippen MR) is 103 cm³/mol. The van der Waals surface area contributed by atoms with Gasteiger partial charge in [0.25, 0.3) is 0 Å². The number of hydrogen-bond acceptors (Lipinski definition) is 4. The van der Waals surface area contributed by atoms with Crippen LogP contribution in [0.15, 0.2) is 36.4 Å². The zero-order valence-corrected chi connectivity index (χ0v) is 15.9. The zero-order chi connectivity index (χ0) is 19.4. The molecule has 0 aromatic heterocycles. The minimum absolute atomic E-state index is 0.0216. The lowest BCUT2D eigenvalue weighted by Gasteiger charge is -2.18. The number of amides is 2. The fourth-order valence-electron chi connectivity index (χ4n) is 3.03. The maximum Gasteiger partial charge on any atom is 0.243 e. The first-order valence-electron chi connectivity index (χ1n) is 8.92. The average molecular weight is 368 g/mol. The highest BCUT2D eigenvalue weighted by molar-refractivity contribution is 5.95. The Morgan fingerprint density at radius 3 is 2.52 bits per heavy atom. The summed E-state index contributed by atoms with van der Waals surface area (Å²) in [6.45, 7) is 4.15. The van der Waals surface area contributed by atoms with E-state index in [0.29, 0.717) is 18.6 Å². The van der Waals surface area contributed by atoms with E-state index in [1.54, 1.807) is 7.05 Å². The van der Waals surface area contributed by atoms with Gasteiger partial charge in [0.2, 0.25) is 18.6 Å². The number of rotatable bonds is 6. The molecule has 0 fully saturated rings. The Bertz CT molecular complexity index is 843. The van der Waals surface area contributed by atoms with Gasteiger partial charge in [-0.2, -0.15) is 0 Å². The Morgan fingerprint density at radius 1 is 1.07 bits per heavy atom. The van der Waals surface area contributed by atoms with Crippen molar-refractivity contribution in [1.29, 1.82) is 0 Å². The second kappa shape index (κ2) is 8.12. The SMILES string of the molecule is Cc1cccc(C)c1NC(=O)CN(C)C(=O)CCc1ccc2c(c1)OCO2. The van der Waals surface area contributed by atoms with Gasteiger partial charge in [0.05, 0.1) is 6.54 Å². The van der Waals surface area contributed by atoms with E-state index in [0.717, 1.165) is 28.1 Å². The van der Waals surface area contributed by atoms with Crippen molar-refractivity contribution in [2.45, 2.75) is 26.7 Å². The van der Waals surface area contributed by atoms with Gasteiger partial charge in [-0.15, -0.1) is 0 Å². The van der Waals surface area contributed by atoms with Gasteiger partial charge in [0, 0.05) is 19.2 Å². The van der Waals surface area contributed by atoms with Crippen molar-refractivity contribution in [3.05, 3.63) is 53.1 Å². The number of carbonyl (C=O) groups is 2. The van der Waals surface area contributed by atoms with Crippen LogP contribution in [0.2, 0.25) is 0 Å². The van der Waals surface area contributed by atoms with E-state index in [1.165, 1.54) is 4.90 Å². The van der Waals surface area contributed by atoms with Gasteiger partial charge in [-0.05, 0) is 49.1 Å². The Labute approximate surface area is 159 Å². The normalized spacial score (nSPS) is 12.0. The smallest absolute Gasteiger partial charge is 0.243 e. The number of nitrogens with one attached hydrogen (secondary N) is 1. The van der Waals surface area contributed by atoms with Gasteiger partial charge in [-0.25, -0.2) is 0 Å². The summed E-state index contributed by atoms with van der Waals surface area (Å²) in [4.78, 5) is 26.1. The molecule has 1 N–H and O–H groups in total. The Morgan fingerprint density at radius 2 is 1.78 bits per heavy atom. The summed E-state index contributed by atoms with van der Waals surface area (Å²) < 4.78 is 10.6. The van der Waals surface area contributed by atoms with Crippen molar-refractivity contribution in [2.75, 3.05) is 25.7 Å². The van der Waals surface area contributed by atoms with Crippen LogP contribution < -0.4 is 14.8 Å². The monoisotopic (exact) mass is 368 g/mol. The molecule has 0 bridgehead atoms. The fourth-order valence-corrected chi connectivity index (χ4v) is 3.03. The molecule has 6 heteroatoms. The van der Waals surface area contributed by atoms with Crippen molar-refractivity contribution < 1.29 is 19.1 Å². The fraction of sp³-hybridized carbons (Fsp3) is 0.333. The molecule has 0 radical (unpaired) electrons. The molecule has 0 saturated heterocycles. The van der Waals surface area contributed by atoms with E-state index in [2.05, 4.69) is 5.32 Å². The van der Waals surface area contributed by atoms with Crippen molar-refractivity contribution in [2.24, 2.45) is 0 Å². The highest BCUT2D eigenvalue weighted by atomic mass is 16.7. The van der Waals surface area contributed by atoms with Crippen LogP contribution in [0.4, 0.5) is 5.69 Å². The lowest BCUT2D eigenvalue weighted by Crippen LogP contribution is -2.35. The Hall–Kier alpha value is -3.02. The second-order valence-corrected chi connectivity index (χ2v) is 6.75. The number of fused-ring (bicyclic) bond motifs is 1. The summed E-state index contributed by atoms with van der Waals surface area (Å²) >= 11 is 0. The van der Waals surface area contributed by atoms with Crippen LogP contribution in [0.3, 0.4) is 0 Å². The summed E-state index contributed by atoms with van der Waals surface area (Å²) in [5.41, 5.74) is 3.81. The summed E-state index contributed by atoms with van der Waals surface area (Å²) in [5.74, 6) is 1.15. The first-order chi connectivity index (χ1) is 12.9. The first kappa shape index (κ1) is 18.8. The van der Waals surface area contributed by atoms with Crippen molar-refractivity contribution >= 4 is 17.5 Å². The average Bonchev–Trinajstić information content (AvgIpc) is 3.10. The first-order valence-corrected chi connectivity index (χ1v) is 8.92. The minimum atomic E-state index is -0.202. The molecule has 2 aromatic carbocycles. The molecule has 0 aliphatic carbocycles. The third-order valence-corrected chi connectivity index (χ3v) is 4.62. The van der Waals surface area contributed by atoms with Gasteiger partial charge in [0.15, 0.2) is 11.5 Å². The van der Waals surface area contributed by atoms with Gasteiger partial charge in [-0.1, -0.05) is 24.3 Å². The lowest BCUT2D eigenvalue weighted by atomic mass is 10.1. The number of para-hydroxylation sites is 1. The molecule has 2 aromatic rings. The number of aryl methyl sites for hydroxylation is 3. The molecule has 1 heterocycles. The number of nitrogens with zero attached hydrogens (tertiary/aromatic N) is 1. The van der Waals surface area contributed by atoms with Gasteiger partial charge in [0.1, 0.15) is 0 Å². The highest BCUT2D eigenvalue weighted by Gasteiger charge is 2.16. The van der Waals surface area contributed by atoms with Crippen LogP contribution in [0.25, 0.3) is 0 Å². The maximum atomic E-state index is 12.4. The van der Waals surface area contributed by atoms with E-state index >= 15 is 0 Å². The summed E-state index contributed by atoms with van der Waals surface area (Å²) in [5, 5.41) is 2.90. The van der Waals surface area contributed by atoms with Gasteiger partial charge >= 0.3 is 0 Å². The van der Waals surface area contributed by atoms with Crippen molar-refractivity contribution in [1.82, 2.24) is 4.90 Å². The van der Waals surface area contributed by atoms with Gasteiger partial charge < -0.3 is 19.7 Å². The van der Waals surface area contributed by atoms with E-state index in [9.17, 15) is 9.59 Å². The number of anilines is 1. The predicted octanol–water partition coefficient (Wildman–Crippen LogP) is 3.06. The third kappa shape index (κ3) is 4.58. The lowest BCUT2D eigenvalue weighted by molar-refractivity contribution is -0.133. The molecule has 3 rings (SSSR count). The Balaban J connectivity index is 1.50. The van der Waals surface area contributed by atoms with Crippen LogP contribution in [0, 0.1) is 13.8 Å². The van der Waals surface area contributed by atoms with Crippen molar-refractivity contribution in [3.8, 4) is 11.5 Å². The molecule has 0 saturated carbocycles. The molecule has 1 aliphatic rings. The molecule has 1 aliphatic heterocycles. The molecule has 0 spiro atoms. The van der Waals surface area contributed by atoms with Gasteiger partial charge in [-0.3, -0.25) is 9.59 Å².